The van der Waals surface area contributed by atoms with E-state index in [2.05, 4.69) is 88.4 Å². The molecule has 0 aromatic heterocycles. The van der Waals surface area contributed by atoms with Gasteiger partial charge in [0.1, 0.15) is 0 Å². The first-order valence-electron chi connectivity index (χ1n) is 9.86. The van der Waals surface area contributed by atoms with Gasteiger partial charge in [-0.1, -0.05) is 88.4 Å². The van der Waals surface area contributed by atoms with Crippen molar-refractivity contribution in [2.75, 3.05) is 0 Å². The van der Waals surface area contributed by atoms with Crippen LogP contribution >= 0.6 is 11.6 Å². The van der Waals surface area contributed by atoms with Crippen LogP contribution in [0, 0.1) is 5.92 Å². The molecule has 2 atom stereocenters. The van der Waals surface area contributed by atoms with Crippen molar-refractivity contribution >= 4 is 36.0 Å². The third-order valence-corrected chi connectivity index (χ3v) is 11.1. The molecule has 0 spiro atoms. The van der Waals surface area contributed by atoms with Crippen LogP contribution in [0.5, 0.6) is 0 Å². The van der Waals surface area contributed by atoms with E-state index in [9.17, 15) is 0 Å². The molecule has 1 fully saturated rings. The van der Waals surface area contributed by atoms with Crippen LogP contribution in [0.25, 0.3) is 0 Å². The molecule has 1 saturated carbocycles. The summed E-state index contributed by atoms with van der Waals surface area (Å²) in [5.74, 6) is 0.446. The summed E-state index contributed by atoms with van der Waals surface area (Å²) in [6, 6.07) is 21.2. The van der Waals surface area contributed by atoms with Crippen LogP contribution < -0.4 is 10.4 Å². The van der Waals surface area contributed by atoms with Gasteiger partial charge < -0.3 is 4.53 Å². The standard InChI is InChI=1S/C23H30ClNOSi/c1-18-12-11-17-21(22(18)24)25-26-27(23(2,3)4,19-13-7-5-8-14-19)20-15-9-6-10-16-20/h5-10,13-16,18,22H,11-12,17H2,1-4H3/b25-21+/t18-,22+/m1/s1. The highest BCUT2D eigenvalue weighted by Crippen LogP contribution is 2.37. The van der Waals surface area contributed by atoms with E-state index >= 15 is 0 Å². The summed E-state index contributed by atoms with van der Waals surface area (Å²) < 4.78 is 6.67. The fourth-order valence-electron chi connectivity index (χ4n) is 4.06. The summed E-state index contributed by atoms with van der Waals surface area (Å²) in [7, 11) is -2.63. The van der Waals surface area contributed by atoms with Crippen molar-refractivity contribution in [3.63, 3.8) is 0 Å². The first-order valence-corrected chi connectivity index (χ1v) is 12.2. The Morgan fingerprint density at radius 1 is 0.963 bits per heavy atom. The topological polar surface area (TPSA) is 21.6 Å². The lowest BCUT2D eigenvalue weighted by molar-refractivity contribution is 0.312. The third-order valence-electron chi connectivity index (χ3n) is 5.63. The lowest BCUT2D eigenvalue weighted by Crippen LogP contribution is -2.66. The fraction of sp³-hybridized carbons (Fsp3) is 0.435. The zero-order valence-electron chi connectivity index (χ0n) is 16.8. The van der Waals surface area contributed by atoms with Gasteiger partial charge in [-0.2, -0.15) is 0 Å². The lowest BCUT2D eigenvalue weighted by atomic mass is 9.89. The minimum Gasteiger partial charge on any atom is -0.443 e. The Morgan fingerprint density at radius 2 is 1.48 bits per heavy atom. The monoisotopic (exact) mass is 399 g/mol. The van der Waals surface area contributed by atoms with Crippen LogP contribution in [0.4, 0.5) is 0 Å². The second kappa shape index (κ2) is 8.20. The van der Waals surface area contributed by atoms with Crippen LogP contribution in [-0.4, -0.2) is 19.4 Å². The highest BCUT2D eigenvalue weighted by Gasteiger charge is 2.53. The van der Waals surface area contributed by atoms with Gasteiger partial charge in [0.2, 0.25) is 0 Å². The second-order valence-electron chi connectivity index (χ2n) is 8.61. The predicted octanol–water partition coefficient (Wildman–Crippen LogP) is 5.35. The molecule has 0 radical (unpaired) electrons. The first kappa shape index (κ1) is 20.2. The normalized spacial score (nSPS) is 22.6. The quantitative estimate of drug-likeness (QED) is 0.386. The Hall–Kier alpha value is -1.58. The maximum absolute atomic E-state index is 6.67. The fourth-order valence-corrected chi connectivity index (χ4v) is 8.46. The van der Waals surface area contributed by atoms with Gasteiger partial charge in [0, 0.05) is 5.04 Å². The highest BCUT2D eigenvalue weighted by atomic mass is 35.5. The van der Waals surface area contributed by atoms with Crippen molar-refractivity contribution in [3.05, 3.63) is 60.7 Å². The molecule has 0 N–H and O–H groups in total. The maximum Gasteiger partial charge on any atom is 0.354 e. The number of nitrogens with zero attached hydrogens (tertiary/aromatic N) is 1. The zero-order valence-corrected chi connectivity index (χ0v) is 18.5. The van der Waals surface area contributed by atoms with E-state index in [1.807, 2.05) is 0 Å². The Labute approximate surface area is 169 Å². The highest BCUT2D eigenvalue weighted by molar-refractivity contribution is 6.99. The Morgan fingerprint density at radius 3 is 1.96 bits per heavy atom. The van der Waals surface area contributed by atoms with Crippen LogP contribution in [0.1, 0.15) is 47.0 Å². The molecule has 144 valence electrons. The lowest BCUT2D eigenvalue weighted by Gasteiger charge is -2.40. The molecule has 27 heavy (non-hydrogen) atoms. The largest absolute Gasteiger partial charge is 0.443 e. The SMILES string of the molecule is C[C@@H]1CCC/C(=N\O[Si](c2ccccc2)(c2ccccc2)C(C)(C)C)[C@H]1Cl. The molecule has 0 amide bonds. The molecule has 1 aliphatic carbocycles. The predicted molar refractivity (Wildman–Crippen MR) is 119 cm³/mol. The van der Waals surface area contributed by atoms with E-state index in [4.69, 9.17) is 21.3 Å². The summed E-state index contributed by atoms with van der Waals surface area (Å²) in [6.07, 6.45) is 3.22. The number of benzene rings is 2. The third kappa shape index (κ3) is 4.00. The van der Waals surface area contributed by atoms with E-state index in [1.165, 1.54) is 10.4 Å². The van der Waals surface area contributed by atoms with Gasteiger partial charge >= 0.3 is 8.32 Å². The minimum absolute atomic E-state index is 0.0306. The number of rotatable bonds is 4. The van der Waals surface area contributed by atoms with E-state index < -0.39 is 8.32 Å². The van der Waals surface area contributed by atoms with Crippen LogP contribution in [0.3, 0.4) is 0 Å². The van der Waals surface area contributed by atoms with Crippen LogP contribution in [-0.2, 0) is 4.53 Å². The molecule has 2 nitrogen and oxygen atoms in total. The molecular weight excluding hydrogens is 370 g/mol. The van der Waals surface area contributed by atoms with Gasteiger partial charge in [-0.3, -0.25) is 0 Å². The molecule has 2 aromatic rings. The van der Waals surface area contributed by atoms with Gasteiger partial charge in [-0.05, 0) is 35.6 Å². The molecule has 0 heterocycles. The van der Waals surface area contributed by atoms with Gasteiger partial charge in [-0.15, -0.1) is 16.8 Å². The molecule has 4 heteroatoms. The Kier molecular flexibility index (Phi) is 6.12. The first-order chi connectivity index (χ1) is 12.9. The Bertz CT molecular complexity index is 730. The summed E-state index contributed by atoms with van der Waals surface area (Å²) in [4.78, 5) is 0. The van der Waals surface area contributed by atoms with Crippen molar-refractivity contribution in [1.82, 2.24) is 0 Å². The molecule has 0 bridgehead atoms. The molecule has 0 saturated heterocycles. The average Bonchev–Trinajstić information content (AvgIpc) is 2.66. The van der Waals surface area contributed by atoms with Crippen molar-refractivity contribution in [2.24, 2.45) is 11.1 Å². The van der Waals surface area contributed by atoms with E-state index in [0.717, 1.165) is 25.0 Å². The number of alkyl halides is 1. The minimum atomic E-state index is -2.63. The molecule has 3 rings (SSSR count). The average molecular weight is 400 g/mol. The second-order valence-corrected chi connectivity index (χ2v) is 13.3. The Balaban J connectivity index is 2.12. The number of halogens is 1. The summed E-state index contributed by atoms with van der Waals surface area (Å²) in [5.41, 5.74) is 1.00. The van der Waals surface area contributed by atoms with Crippen molar-refractivity contribution in [3.8, 4) is 0 Å². The van der Waals surface area contributed by atoms with Crippen LogP contribution in [0.2, 0.25) is 5.04 Å². The number of hydrogen-bond donors (Lipinski definition) is 0. The summed E-state index contributed by atoms with van der Waals surface area (Å²) in [5, 5.41) is 7.12. The molecule has 0 unspecified atom stereocenters. The van der Waals surface area contributed by atoms with Crippen molar-refractivity contribution in [2.45, 2.75) is 57.4 Å². The van der Waals surface area contributed by atoms with Gasteiger partial charge in [0.25, 0.3) is 0 Å². The smallest absolute Gasteiger partial charge is 0.354 e. The molecule has 1 aliphatic rings. The summed E-state index contributed by atoms with van der Waals surface area (Å²) in [6.45, 7) is 9.00. The number of oxime groups is 1. The molecular formula is C23H30ClNOSi. The van der Waals surface area contributed by atoms with Crippen LogP contribution in [0.15, 0.2) is 65.8 Å². The van der Waals surface area contributed by atoms with Crippen molar-refractivity contribution in [1.29, 1.82) is 0 Å². The zero-order chi connectivity index (χ0) is 19.5. The van der Waals surface area contributed by atoms with Gasteiger partial charge in [0.05, 0.1) is 11.1 Å². The van der Waals surface area contributed by atoms with E-state index in [0.29, 0.717) is 5.92 Å². The summed E-state index contributed by atoms with van der Waals surface area (Å²) >= 11 is 6.67. The molecule has 0 aliphatic heterocycles. The van der Waals surface area contributed by atoms with Gasteiger partial charge in [0.15, 0.2) is 0 Å². The number of hydrogen-bond acceptors (Lipinski definition) is 2. The van der Waals surface area contributed by atoms with Gasteiger partial charge in [-0.25, -0.2) is 0 Å². The van der Waals surface area contributed by atoms with Crippen molar-refractivity contribution < 1.29 is 4.53 Å². The molecule has 2 aromatic carbocycles. The van der Waals surface area contributed by atoms with E-state index in [1.54, 1.807) is 0 Å². The maximum atomic E-state index is 6.67. The van der Waals surface area contributed by atoms with E-state index in [-0.39, 0.29) is 10.4 Å².